The zero-order valence-electron chi connectivity index (χ0n) is 12.3. The number of nitrogens with zero attached hydrogens (tertiary/aromatic N) is 1. The molecule has 0 radical (unpaired) electrons. The molecule has 2 aromatic carbocycles. The molecule has 0 spiro atoms. The van der Waals surface area contributed by atoms with Crippen molar-refractivity contribution in [2.75, 3.05) is 11.4 Å². The first-order valence-corrected chi connectivity index (χ1v) is 7.77. The van der Waals surface area contributed by atoms with Gasteiger partial charge >= 0.3 is 0 Å². The molecular weight excluding hydrogens is 266 g/mol. The average molecular weight is 288 g/mol. The van der Waals surface area contributed by atoms with E-state index >= 15 is 0 Å². The number of hydrogen-bond acceptors (Lipinski definition) is 1. The molecule has 0 N–H and O–H groups in total. The molecule has 0 bridgehead atoms. The highest BCUT2D eigenvalue weighted by molar-refractivity contribution is 6.17. The summed E-state index contributed by atoms with van der Waals surface area (Å²) < 4.78 is 0. The molecule has 0 amide bonds. The SMILES string of the molecule is CCCCN(c1ccccc1)c1ccc(CCl)cc1C. The minimum absolute atomic E-state index is 0.571. The lowest BCUT2D eigenvalue weighted by molar-refractivity contribution is 0.784. The van der Waals surface area contributed by atoms with Crippen molar-refractivity contribution >= 4 is 23.0 Å². The number of halogens is 1. The highest BCUT2D eigenvalue weighted by atomic mass is 35.5. The molecule has 0 saturated carbocycles. The summed E-state index contributed by atoms with van der Waals surface area (Å²) in [6, 6.07) is 17.1. The predicted molar refractivity (Wildman–Crippen MR) is 89.1 cm³/mol. The molecule has 106 valence electrons. The standard InChI is InChI=1S/C18H22ClN/c1-3-4-12-20(17-8-6-5-7-9-17)18-11-10-16(14-19)13-15(18)2/h5-11,13H,3-4,12,14H2,1-2H3. The van der Waals surface area contributed by atoms with E-state index in [9.17, 15) is 0 Å². The number of aryl methyl sites for hydroxylation is 1. The van der Waals surface area contributed by atoms with Crippen molar-refractivity contribution in [2.45, 2.75) is 32.6 Å². The van der Waals surface area contributed by atoms with Gasteiger partial charge in [-0.2, -0.15) is 0 Å². The summed E-state index contributed by atoms with van der Waals surface area (Å²) in [7, 11) is 0. The van der Waals surface area contributed by atoms with Crippen LogP contribution in [-0.2, 0) is 5.88 Å². The van der Waals surface area contributed by atoms with Gasteiger partial charge in [0.1, 0.15) is 0 Å². The van der Waals surface area contributed by atoms with Crippen LogP contribution in [0.5, 0.6) is 0 Å². The van der Waals surface area contributed by atoms with Gasteiger partial charge in [0.2, 0.25) is 0 Å². The Kier molecular flexibility index (Phi) is 5.49. The largest absolute Gasteiger partial charge is 0.341 e. The quantitative estimate of drug-likeness (QED) is 0.619. The third-order valence-corrected chi connectivity index (χ3v) is 3.82. The Bertz CT molecular complexity index is 536. The zero-order chi connectivity index (χ0) is 14.4. The Hall–Kier alpha value is -1.47. The zero-order valence-corrected chi connectivity index (χ0v) is 13.0. The fraction of sp³-hybridized carbons (Fsp3) is 0.333. The summed E-state index contributed by atoms with van der Waals surface area (Å²) in [6.07, 6.45) is 2.38. The second-order valence-corrected chi connectivity index (χ2v) is 5.36. The van der Waals surface area contributed by atoms with E-state index in [4.69, 9.17) is 11.6 Å². The summed E-state index contributed by atoms with van der Waals surface area (Å²) in [6.45, 7) is 5.43. The van der Waals surface area contributed by atoms with Crippen LogP contribution in [0.3, 0.4) is 0 Å². The lowest BCUT2D eigenvalue weighted by Gasteiger charge is -2.27. The van der Waals surface area contributed by atoms with Crippen molar-refractivity contribution in [2.24, 2.45) is 0 Å². The van der Waals surface area contributed by atoms with E-state index in [0.29, 0.717) is 5.88 Å². The van der Waals surface area contributed by atoms with Gasteiger partial charge in [-0.25, -0.2) is 0 Å². The Morgan fingerprint density at radius 2 is 1.80 bits per heavy atom. The fourth-order valence-electron chi connectivity index (χ4n) is 2.42. The van der Waals surface area contributed by atoms with Crippen molar-refractivity contribution in [3.8, 4) is 0 Å². The van der Waals surface area contributed by atoms with Crippen LogP contribution in [-0.4, -0.2) is 6.54 Å². The Labute approximate surface area is 127 Å². The van der Waals surface area contributed by atoms with Crippen LogP contribution in [0, 0.1) is 6.92 Å². The predicted octanol–water partition coefficient (Wildman–Crippen LogP) is 5.67. The normalized spacial score (nSPS) is 10.6. The van der Waals surface area contributed by atoms with Gasteiger partial charge in [-0.1, -0.05) is 43.7 Å². The smallest absolute Gasteiger partial charge is 0.0474 e. The highest BCUT2D eigenvalue weighted by Gasteiger charge is 2.11. The van der Waals surface area contributed by atoms with Gasteiger partial charge in [0.05, 0.1) is 0 Å². The lowest BCUT2D eigenvalue weighted by atomic mass is 10.1. The Morgan fingerprint density at radius 3 is 2.40 bits per heavy atom. The van der Waals surface area contributed by atoms with Crippen LogP contribution in [0.25, 0.3) is 0 Å². The van der Waals surface area contributed by atoms with E-state index in [2.05, 4.69) is 67.3 Å². The van der Waals surface area contributed by atoms with E-state index in [-0.39, 0.29) is 0 Å². The van der Waals surface area contributed by atoms with Crippen LogP contribution in [0.1, 0.15) is 30.9 Å². The van der Waals surface area contributed by atoms with Crippen LogP contribution in [0.4, 0.5) is 11.4 Å². The van der Waals surface area contributed by atoms with E-state index < -0.39 is 0 Å². The molecule has 20 heavy (non-hydrogen) atoms. The highest BCUT2D eigenvalue weighted by Crippen LogP contribution is 2.29. The van der Waals surface area contributed by atoms with E-state index in [1.807, 2.05) is 0 Å². The van der Waals surface area contributed by atoms with Crippen molar-refractivity contribution in [3.05, 3.63) is 59.7 Å². The maximum absolute atomic E-state index is 5.92. The number of alkyl halides is 1. The molecule has 2 heteroatoms. The number of anilines is 2. The van der Waals surface area contributed by atoms with Gasteiger partial charge < -0.3 is 4.90 Å². The molecule has 0 aliphatic heterocycles. The lowest BCUT2D eigenvalue weighted by Crippen LogP contribution is -2.19. The van der Waals surface area contributed by atoms with Crippen LogP contribution < -0.4 is 4.90 Å². The summed E-state index contributed by atoms with van der Waals surface area (Å²) in [5.41, 5.74) is 4.99. The molecule has 2 aromatic rings. The first-order valence-electron chi connectivity index (χ1n) is 7.24. The van der Waals surface area contributed by atoms with Gasteiger partial charge in [0.15, 0.2) is 0 Å². The summed E-state index contributed by atoms with van der Waals surface area (Å²) in [5, 5.41) is 0. The number of unbranched alkanes of at least 4 members (excludes halogenated alkanes) is 1. The second kappa shape index (κ2) is 7.35. The summed E-state index contributed by atoms with van der Waals surface area (Å²) in [5.74, 6) is 0.571. The summed E-state index contributed by atoms with van der Waals surface area (Å²) in [4.78, 5) is 2.40. The molecule has 0 fully saturated rings. The van der Waals surface area contributed by atoms with Crippen LogP contribution >= 0.6 is 11.6 Å². The minimum atomic E-state index is 0.571. The number of para-hydroxylation sites is 1. The molecule has 1 nitrogen and oxygen atoms in total. The molecule has 0 aliphatic rings. The van der Waals surface area contributed by atoms with Crippen molar-refractivity contribution in [3.63, 3.8) is 0 Å². The first kappa shape index (κ1) is 14.9. The molecule has 0 unspecified atom stereocenters. The topological polar surface area (TPSA) is 3.24 Å². The van der Waals surface area contributed by atoms with Gasteiger partial charge in [-0.3, -0.25) is 0 Å². The van der Waals surface area contributed by atoms with Crippen LogP contribution in [0.2, 0.25) is 0 Å². The van der Waals surface area contributed by atoms with Crippen molar-refractivity contribution in [1.82, 2.24) is 0 Å². The first-order chi connectivity index (χ1) is 9.76. The fourth-order valence-corrected chi connectivity index (χ4v) is 2.58. The Balaban J connectivity index is 2.36. The molecule has 0 aliphatic carbocycles. The van der Waals surface area contributed by atoms with E-state index in [1.165, 1.54) is 35.3 Å². The average Bonchev–Trinajstić information content (AvgIpc) is 2.50. The molecule has 0 heterocycles. The van der Waals surface area contributed by atoms with Gasteiger partial charge in [-0.05, 0) is 42.7 Å². The third-order valence-electron chi connectivity index (χ3n) is 3.51. The van der Waals surface area contributed by atoms with E-state index in [0.717, 1.165) is 6.54 Å². The van der Waals surface area contributed by atoms with Crippen LogP contribution in [0.15, 0.2) is 48.5 Å². The Morgan fingerprint density at radius 1 is 1.05 bits per heavy atom. The molecule has 0 saturated heterocycles. The number of rotatable bonds is 6. The van der Waals surface area contributed by atoms with Crippen molar-refractivity contribution in [1.29, 1.82) is 0 Å². The number of benzene rings is 2. The monoisotopic (exact) mass is 287 g/mol. The molecule has 0 aromatic heterocycles. The minimum Gasteiger partial charge on any atom is -0.341 e. The maximum Gasteiger partial charge on any atom is 0.0474 e. The van der Waals surface area contributed by atoms with Gasteiger partial charge in [-0.15, -0.1) is 11.6 Å². The molecule has 2 rings (SSSR count). The second-order valence-electron chi connectivity index (χ2n) is 5.10. The van der Waals surface area contributed by atoms with Gasteiger partial charge in [0.25, 0.3) is 0 Å². The van der Waals surface area contributed by atoms with Crippen molar-refractivity contribution < 1.29 is 0 Å². The maximum atomic E-state index is 5.92. The van der Waals surface area contributed by atoms with Gasteiger partial charge in [0, 0.05) is 23.8 Å². The third kappa shape index (κ3) is 3.55. The summed E-state index contributed by atoms with van der Waals surface area (Å²) >= 11 is 5.92. The van der Waals surface area contributed by atoms with E-state index in [1.54, 1.807) is 0 Å². The molecular formula is C18H22ClN. The molecule has 0 atom stereocenters. The number of hydrogen-bond donors (Lipinski definition) is 0.